The Morgan fingerprint density at radius 3 is 2.81 bits per heavy atom. The van der Waals surface area contributed by atoms with E-state index in [1.807, 2.05) is 18.3 Å². The number of rotatable bonds is 10. The minimum atomic E-state index is 0. The Labute approximate surface area is 180 Å². The van der Waals surface area contributed by atoms with Gasteiger partial charge in [-0.1, -0.05) is 13.0 Å². The Bertz CT molecular complexity index is 541. The predicted molar refractivity (Wildman–Crippen MR) is 120 cm³/mol. The third-order valence-corrected chi connectivity index (χ3v) is 4.51. The summed E-state index contributed by atoms with van der Waals surface area (Å²) in [7, 11) is 1.65. The van der Waals surface area contributed by atoms with Crippen LogP contribution in [0.1, 0.15) is 32.3 Å². The number of pyridine rings is 1. The van der Waals surface area contributed by atoms with E-state index in [-0.39, 0.29) is 24.0 Å². The van der Waals surface area contributed by atoms with Crippen molar-refractivity contribution in [2.24, 2.45) is 4.99 Å². The monoisotopic (exact) mass is 491 g/mol. The van der Waals surface area contributed by atoms with Crippen molar-refractivity contribution in [1.82, 2.24) is 20.5 Å². The number of likely N-dealkylation sites (tertiary alicyclic amines) is 1. The molecule has 2 rings (SSSR count). The van der Waals surface area contributed by atoms with Gasteiger partial charge in [0.1, 0.15) is 6.61 Å². The minimum Gasteiger partial charge on any atom is -0.475 e. The van der Waals surface area contributed by atoms with Crippen molar-refractivity contribution in [3.8, 4) is 5.88 Å². The number of nitrogens with one attached hydrogen (secondary N) is 2. The topological polar surface area (TPSA) is 71.0 Å². The van der Waals surface area contributed by atoms with Gasteiger partial charge >= 0.3 is 0 Å². The van der Waals surface area contributed by atoms with Gasteiger partial charge < -0.3 is 20.1 Å². The van der Waals surface area contributed by atoms with Gasteiger partial charge in [0, 0.05) is 38.5 Å². The second-order valence-corrected chi connectivity index (χ2v) is 6.35. The second kappa shape index (κ2) is 14.0. The number of likely N-dealkylation sites (N-methyl/N-ethyl adjacent to an activating group) is 1. The summed E-state index contributed by atoms with van der Waals surface area (Å²) in [6, 6.07) is 4.48. The van der Waals surface area contributed by atoms with Gasteiger partial charge in [-0.15, -0.1) is 24.0 Å². The molecule has 1 unspecified atom stereocenters. The molecule has 1 aliphatic heterocycles. The first-order valence-corrected chi connectivity index (χ1v) is 9.59. The number of hydrogen-bond donors (Lipinski definition) is 2. The molecule has 1 saturated heterocycles. The number of guanidine groups is 1. The maximum Gasteiger partial charge on any atom is 0.213 e. The maximum atomic E-state index is 5.48. The third-order valence-electron chi connectivity index (χ3n) is 4.51. The predicted octanol–water partition coefficient (Wildman–Crippen LogP) is 2.26. The first-order chi connectivity index (χ1) is 12.8. The van der Waals surface area contributed by atoms with Crippen LogP contribution in [-0.4, -0.2) is 68.4 Å². The number of methoxy groups -OCH3 is 1. The summed E-state index contributed by atoms with van der Waals surface area (Å²) >= 11 is 0. The van der Waals surface area contributed by atoms with Crippen LogP contribution in [0.4, 0.5) is 0 Å². The third kappa shape index (κ3) is 8.61. The van der Waals surface area contributed by atoms with Gasteiger partial charge in [-0.05, 0) is 38.4 Å². The van der Waals surface area contributed by atoms with Crippen molar-refractivity contribution in [3.63, 3.8) is 0 Å². The quantitative estimate of drug-likeness (QED) is 0.227. The first kappa shape index (κ1) is 23.9. The Kier molecular flexibility index (Phi) is 12.4. The second-order valence-electron chi connectivity index (χ2n) is 6.35. The zero-order valence-electron chi connectivity index (χ0n) is 16.7. The lowest BCUT2D eigenvalue weighted by Gasteiger charge is -2.24. The van der Waals surface area contributed by atoms with Crippen LogP contribution in [0.15, 0.2) is 23.3 Å². The molecule has 0 aromatic carbocycles. The van der Waals surface area contributed by atoms with E-state index < -0.39 is 0 Å². The molecule has 0 radical (unpaired) electrons. The molecule has 0 bridgehead atoms. The zero-order valence-corrected chi connectivity index (χ0v) is 19.1. The number of aliphatic imine (C=N–C) groups is 1. The van der Waals surface area contributed by atoms with E-state index in [2.05, 4.69) is 39.4 Å². The van der Waals surface area contributed by atoms with Gasteiger partial charge in [0.05, 0.1) is 13.2 Å². The smallest absolute Gasteiger partial charge is 0.213 e. The maximum absolute atomic E-state index is 5.48. The largest absolute Gasteiger partial charge is 0.475 e. The molecule has 27 heavy (non-hydrogen) atoms. The molecule has 1 atom stereocenters. The summed E-state index contributed by atoms with van der Waals surface area (Å²) in [6.07, 6.45) is 4.36. The van der Waals surface area contributed by atoms with Gasteiger partial charge in [-0.2, -0.15) is 0 Å². The van der Waals surface area contributed by atoms with Crippen LogP contribution < -0.4 is 15.4 Å². The molecule has 0 amide bonds. The number of ether oxygens (including phenoxy) is 2. The normalized spacial score (nSPS) is 17.4. The molecule has 2 N–H and O–H groups in total. The summed E-state index contributed by atoms with van der Waals surface area (Å²) in [5.41, 5.74) is 1.05. The highest BCUT2D eigenvalue weighted by Gasteiger charge is 2.22. The number of aromatic nitrogens is 1. The molecule has 1 fully saturated rings. The van der Waals surface area contributed by atoms with E-state index in [4.69, 9.17) is 9.47 Å². The van der Waals surface area contributed by atoms with Crippen LogP contribution in [0.3, 0.4) is 0 Å². The summed E-state index contributed by atoms with van der Waals surface area (Å²) in [5.74, 6) is 1.47. The fraction of sp³-hybridized carbons (Fsp3) is 0.684. The van der Waals surface area contributed by atoms with Crippen molar-refractivity contribution in [1.29, 1.82) is 0 Å². The van der Waals surface area contributed by atoms with E-state index in [0.29, 0.717) is 31.7 Å². The average molecular weight is 491 g/mol. The number of halogens is 1. The number of hydrogen-bond acceptors (Lipinski definition) is 5. The molecule has 154 valence electrons. The standard InChI is InChI=1S/C19H33N5O2.HI/c1-4-20-19(23-15-17-7-6-10-24(17)5-2)22-14-16-8-9-18(21-13-16)26-12-11-25-3;/h8-9,13,17H,4-7,10-12,14-15H2,1-3H3,(H2,20,22,23);1H. The molecule has 1 aliphatic rings. The molecular weight excluding hydrogens is 457 g/mol. The van der Waals surface area contributed by atoms with Crippen molar-refractivity contribution in [2.45, 2.75) is 39.3 Å². The van der Waals surface area contributed by atoms with Gasteiger partial charge in [0.2, 0.25) is 5.88 Å². The van der Waals surface area contributed by atoms with E-state index in [0.717, 1.165) is 31.2 Å². The Morgan fingerprint density at radius 1 is 1.30 bits per heavy atom. The van der Waals surface area contributed by atoms with Crippen molar-refractivity contribution >= 4 is 29.9 Å². The van der Waals surface area contributed by atoms with E-state index in [1.165, 1.54) is 19.4 Å². The van der Waals surface area contributed by atoms with Gasteiger partial charge in [0.25, 0.3) is 0 Å². The fourth-order valence-electron chi connectivity index (χ4n) is 3.09. The molecule has 0 spiro atoms. The average Bonchev–Trinajstić information content (AvgIpc) is 3.13. The molecule has 2 heterocycles. The first-order valence-electron chi connectivity index (χ1n) is 9.59. The molecule has 7 nitrogen and oxygen atoms in total. The van der Waals surface area contributed by atoms with Gasteiger partial charge in [0.15, 0.2) is 5.96 Å². The van der Waals surface area contributed by atoms with Crippen LogP contribution in [0.25, 0.3) is 0 Å². The lowest BCUT2D eigenvalue weighted by Crippen LogP contribution is -2.44. The molecule has 1 aromatic heterocycles. The highest BCUT2D eigenvalue weighted by molar-refractivity contribution is 14.0. The van der Waals surface area contributed by atoms with Gasteiger partial charge in [-0.25, -0.2) is 9.98 Å². The Hall–Kier alpha value is -1.13. The lowest BCUT2D eigenvalue weighted by molar-refractivity contribution is 0.143. The highest BCUT2D eigenvalue weighted by atomic mass is 127. The Balaban J connectivity index is 0.00000364. The van der Waals surface area contributed by atoms with Crippen LogP contribution in [0.2, 0.25) is 0 Å². The van der Waals surface area contributed by atoms with Crippen molar-refractivity contribution in [2.75, 3.05) is 46.5 Å². The molecule has 0 aliphatic carbocycles. The fourth-order valence-corrected chi connectivity index (χ4v) is 3.09. The van der Waals surface area contributed by atoms with E-state index >= 15 is 0 Å². The van der Waals surface area contributed by atoms with Crippen molar-refractivity contribution in [3.05, 3.63) is 23.9 Å². The molecule has 1 aromatic rings. The SMILES string of the molecule is CCNC(=NCc1ccc(OCCOC)nc1)NCC1CCCN1CC.I. The minimum absolute atomic E-state index is 0. The van der Waals surface area contributed by atoms with Gasteiger partial charge in [-0.3, -0.25) is 4.90 Å². The summed E-state index contributed by atoms with van der Waals surface area (Å²) in [4.78, 5) is 11.5. The van der Waals surface area contributed by atoms with E-state index in [1.54, 1.807) is 7.11 Å². The van der Waals surface area contributed by atoms with Crippen LogP contribution >= 0.6 is 24.0 Å². The lowest BCUT2D eigenvalue weighted by atomic mass is 10.2. The van der Waals surface area contributed by atoms with E-state index in [9.17, 15) is 0 Å². The van der Waals surface area contributed by atoms with Crippen molar-refractivity contribution < 1.29 is 9.47 Å². The Morgan fingerprint density at radius 2 is 2.15 bits per heavy atom. The summed E-state index contributed by atoms with van der Waals surface area (Å²) in [6.45, 7) is 10.1. The highest BCUT2D eigenvalue weighted by Crippen LogP contribution is 2.15. The zero-order chi connectivity index (χ0) is 18.6. The summed E-state index contributed by atoms with van der Waals surface area (Å²) < 4.78 is 10.4. The molecule has 8 heteroatoms. The molecular formula is C19H34IN5O2. The molecule has 0 saturated carbocycles. The van der Waals surface area contributed by atoms with Crippen LogP contribution in [0, 0.1) is 0 Å². The summed E-state index contributed by atoms with van der Waals surface area (Å²) in [5, 5.41) is 6.80. The van der Waals surface area contributed by atoms with Crippen LogP contribution in [0.5, 0.6) is 5.88 Å². The van der Waals surface area contributed by atoms with Crippen LogP contribution in [-0.2, 0) is 11.3 Å². The number of nitrogens with zero attached hydrogens (tertiary/aromatic N) is 3.